The maximum absolute atomic E-state index is 10.4. The van der Waals surface area contributed by atoms with E-state index in [-0.39, 0.29) is 0 Å². The van der Waals surface area contributed by atoms with Gasteiger partial charge in [0, 0.05) is 4.88 Å². The summed E-state index contributed by atoms with van der Waals surface area (Å²) in [7, 11) is 0. The van der Waals surface area contributed by atoms with Gasteiger partial charge < -0.3 is 5.32 Å². The molecule has 1 aromatic rings. The zero-order chi connectivity index (χ0) is 10.8. The van der Waals surface area contributed by atoms with Crippen LogP contribution in [0.1, 0.15) is 29.3 Å². The monoisotopic (exact) mass is 220 g/mol. The minimum absolute atomic E-state index is 0.640. The molecule has 0 saturated carbocycles. The van der Waals surface area contributed by atoms with Crippen LogP contribution >= 0.6 is 11.3 Å². The summed E-state index contributed by atoms with van der Waals surface area (Å²) in [5, 5.41) is 12.4. The Kier molecular flexibility index (Phi) is 2.74. The highest BCUT2D eigenvalue weighted by Gasteiger charge is 2.23. The number of hydrogen-bond donors (Lipinski definition) is 1. The molecule has 0 bridgehead atoms. The van der Waals surface area contributed by atoms with Crippen LogP contribution in [-0.2, 0) is 17.6 Å². The van der Waals surface area contributed by atoms with Crippen molar-refractivity contribution in [3.8, 4) is 6.07 Å². The van der Waals surface area contributed by atoms with E-state index in [0.717, 1.165) is 24.8 Å². The van der Waals surface area contributed by atoms with Gasteiger partial charge in [0.25, 0.3) is 0 Å². The van der Waals surface area contributed by atoms with Gasteiger partial charge in [-0.2, -0.15) is 5.26 Å². The Morgan fingerprint density at radius 1 is 1.67 bits per heavy atom. The molecule has 15 heavy (non-hydrogen) atoms. The van der Waals surface area contributed by atoms with Crippen LogP contribution in [-0.4, -0.2) is 6.41 Å². The Morgan fingerprint density at radius 2 is 2.47 bits per heavy atom. The fourth-order valence-electron chi connectivity index (χ4n) is 2.02. The predicted molar refractivity (Wildman–Crippen MR) is 59.9 cm³/mol. The Balaban J connectivity index is 2.44. The lowest BCUT2D eigenvalue weighted by molar-refractivity contribution is -0.105. The van der Waals surface area contributed by atoms with Crippen LogP contribution in [0.3, 0.4) is 0 Å². The predicted octanol–water partition coefficient (Wildman–Crippen LogP) is 2.31. The first-order valence-electron chi connectivity index (χ1n) is 5.01. The number of hydrogen-bond acceptors (Lipinski definition) is 3. The van der Waals surface area contributed by atoms with Crippen molar-refractivity contribution in [1.29, 1.82) is 5.26 Å². The summed E-state index contributed by atoms with van der Waals surface area (Å²) >= 11 is 1.55. The van der Waals surface area contributed by atoms with Gasteiger partial charge in [-0.05, 0) is 30.7 Å². The first-order valence-corrected chi connectivity index (χ1v) is 5.82. The Hall–Kier alpha value is -1.34. The van der Waals surface area contributed by atoms with Gasteiger partial charge >= 0.3 is 0 Å². The molecule has 0 aromatic carbocycles. The van der Waals surface area contributed by atoms with Crippen LogP contribution in [0.5, 0.6) is 0 Å². The van der Waals surface area contributed by atoms with Crippen LogP contribution in [0.2, 0.25) is 0 Å². The summed E-state index contributed by atoms with van der Waals surface area (Å²) in [6, 6.07) is 2.19. The topological polar surface area (TPSA) is 52.9 Å². The molecule has 3 nitrogen and oxygen atoms in total. The molecule has 1 aromatic heterocycles. The average Bonchev–Trinajstić information content (AvgIpc) is 2.54. The zero-order valence-corrected chi connectivity index (χ0v) is 9.36. The second-order valence-electron chi connectivity index (χ2n) is 3.93. The molecular weight excluding hydrogens is 208 g/mol. The number of nitriles is 1. The van der Waals surface area contributed by atoms with Crippen molar-refractivity contribution in [3.05, 3.63) is 16.0 Å². The number of fused-ring (bicyclic) bond motifs is 1. The molecule has 78 valence electrons. The summed E-state index contributed by atoms with van der Waals surface area (Å²) < 4.78 is 0. The molecule has 1 aliphatic rings. The van der Waals surface area contributed by atoms with Gasteiger partial charge in [0.1, 0.15) is 11.1 Å². The first-order chi connectivity index (χ1) is 7.26. The first kappa shape index (κ1) is 10.2. The molecule has 1 N–H and O–H groups in total. The third kappa shape index (κ3) is 1.75. The number of nitrogens with one attached hydrogen (secondary N) is 1. The minimum Gasteiger partial charge on any atom is -0.319 e. The summed E-state index contributed by atoms with van der Waals surface area (Å²) in [6.07, 6.45) is 3.78. The number of nitrogens with zero attached hydrogens (tertiary/aromatic N) is 1. The molecule has 4 heteroatoms. The van der Waals surface area contributed by atoms with Crippen LogP contribution in [0.25, 0.3) is 0 Å². The lowest BCUT2D eigenvalue weighted by Gasteiger charge is -2.17. The van der Waals surface area contributed by atoms with Crippen LogP contribution < -0.4 is 5.32 Å². The molecule has 0 radical (unpaired) electrons. The van der Waals surface area contributed by atoms with Gasteiger partial charge in [0.05, 0.1) is 5.56 Å². The highest BCUT2D eigenvalue weighted by molar-refractivity contribution is 7.16. The van der Waals surface area contributed by atoms with Crippen molar-refractivity contribution in [1.82, 2.24) is 0 Å². The molecule has 1 heterocycles. The van der Waals surface area contributed by atoms with Crippen molar-refractivity contribution in [2.75, 3.05) is 5.32 Å². The highest BCUT2D eigenvalue weighted by atomic mass is 32.1. The average molecular weight is 220 g/mol. The second-order valence-corrected chi connectivity index (χ2v) is 5.04. The highest BCUT2D eigenvalue weighted by Crippen LogP contribution is 2.38. The van der Waals surface area contributed by atoms with E-state index >= 15 is 0 Å². The van der Waals surface area contributed by atoms with Gasteiger partial charge in [-0.25, -0.2) is 0 Å². The van der Waals surface area contributed by atoms with E-state index in [2.05, 4.69) is 18.3 Å². The molecular formula is C11H12N2OS. The van der Waals surface area contributed by atoms with Crippen LogP contribution in [0.15, 0.2) is 0 Å². The second kappa shape index (κ2) is 4.03. The van der Waals surface area contributed by atoms with E-state index in [4.69, 9.17) is 5.26 Å². The van der Waals surface area contributed by atoms with Gasteiger partial charge in [-0.1, -0.05) is 6.92 Å². The van der Waals surface area contributed by atoms with E-state index < -0.39 is 0 Å². The fourth-order valence-corrected chi connectivity index (χ4v) is 3.34. The van der Waals surface area contributed by atoms with Crippen molar-refractivity contribution in [2.24, 2.45) is 5.92 Å². The van der Waals surface area contributed by atoms with Crippen molar-refractivity contribution in [2.45, 2.75) is 26.2 Å². The maximum Gasteiger partial charge on any atom is 0.212 e. The molecule has 0 spiro atoms. The molecule has 0 saturated heterocycles. The lowest BCUT2D eigenvalue weighted by atomic mass is 9.89. The number of amides is 1. The SMILES string of the molecule is CC1CCc2c(sc(NC=O)c2C#N)C1. The minimum atomic E-state index is 0.640. The number of carbonyl (C=O) groups excluding carboxylic acids is 1. The van der Waals surface area contributed by atoms with Crippen LogP contribution in [0.4, 0.5) is 5.00 Å². The smallest absolute Gasteiger partial charge is 0.212 e. The largest absolute Gasteiger partial charge is 0.319 e. The molecule has 2 rings (SSSR count). The molecule has 0 aliphatic heterocycles. The lowest BCUT2D eigenvalue weighted by Crippen LogP contribution is -2.09. The quantitative estimate of drug-likeness (QED) is 0.777. The normalized spacial score (nSPS) is 19.1. The van der Waals surface area contributed by atoms with E-state index in [1.54, 1.807) is 11.3 Å². The Bertz CT molecular complexity index is 431. The van der Waals surface area contributed by atoms with E-state index in [0.29, 0.717) is 22.9 Å². The number of thiophene rings is 1. The summed E-state index contributed by atoms with van der Waals surface area (Å²) in [5.74, 6) is 0.687. The van der Waals surface area contributed by atoms with Crippen molar-refractivity contribution in [3.63, 3.8) is 0 Å². The summed E-state index contributed by atoms with van der Waals surface area (Å²) in [6.45, 7) is 2.22. The van der Waals surface area contributed by atoms with Gasteiger partial charge in [-0.15, -0.1) is 11.3 Å². The van der Waals surface area contributed by atoms with E-state index in [9.17, 15) is 4.79 Å². The molecule has 1 atom stereocenters. The van der Waals surface area contributed by atoms with Crippen molar-refractivity contribution >= 4 is 22.7 Å². The standard InChI is InChI=1S/C11H12N2OS/c1-7-2-3-8-9(5-12)11(13-6-14)15-10(8)4-7/h6-7H,2-4H2,1H3,(H,13,14). The summed E-state index contributed by atoms with van der Waals surface area (Å²) in [5.41, 5.74) is 1.83. The number of carbonyl (C=O) groups is 1. The van der Waals surface area contributed by atoms with E-state index in [1.165, 1.54) is 4.88 Å². The molecule has 1 amide bonds. The zero-order valence-electron chi connectivity index (χ0n) is 8.54. The number of rotatable bonds is 2. The molecule has 1 unspecified atom stereocenters. The number of anilines is 1. The third-order valence-electron chi connectivity index (χ3n) is 2.81. The fraction of sp³-hybridized carbons (Fsp3) is 0.455. The molecule has 1 aliphatic carbocycles. The maximum atomic E-state index is 10.4. The van der Waals surface area contributed by atoms with Gasteiger partial charge in [0.2, 0.25) is 6.41 Å². The summed E-state index contributed by atoms with van der Waals surface area (Å²) in [4.78, 5) is 11.7. The van der Waals surface area contributed by atoms with Crippen molar-refractivity contribution < 1.29 is 4.79 Å². The Morgan fingerprint density at radius 3 is 3.13 bits per heavy atom. The molecule has 0 fully saturated rings. The van der Waals surface area contributed by atoms with Crippen LogP contribution in [0, 0.1) is 17.2 Å². The Labute approximate surface area is 92.7 Å². The third-order valence-corrected chi connectivity index (χ3v) is 4.00. The van der Waals surface area contributed by atoms with E-state index in [1.807, 2.05) is 0 Å². The van der Waals surface area contributed by atoms with Gasteiger partial charge in [-0.3, -0.25) is 4.79 Å². The van der Waals surface area contributed by atoms with Gasteiger partial charge in [0.15, 0.2) is 0 Å².